The van der Waals surface area contributed by atoms with Gasteiger partial charge in [0.05, 0.1) is 26.4 Å². The maximum atomic E-state index is 13.9. The highest BCUT2D eigenvalue weighted by Gasteiger charge is 2.52. The summed E-state index contributed by atoms with van der Waals surface area (Å²) < 4.78 is 47.1. The van der Waals surface area contributed by atoms with Gasteiger partial charge in [-0.25, -0.2) is 0 Å². The van der Waals surface area contributed by atoms with Gasteiger partial charge in [0.25, 0.3) is 0 Å². The first-order valence-corrected chi connectivity index (χ1v) is 18.5. The lowest BCUT2D eigenvalue weighted by Gasteiger charge is -2.48. The van der Waals surface area contributed by atoms with Gasteiger partial charge in [-0.3, -0.25) is 4.57 Å². The lowest BCUT2D eigenvalue weighted by atomic mass is 9.99. The predicted octanol–water partition coefficient (Wildman–Crippen LogP) is 8.20. The van der Waals surface area contributed by atoms with Gasteiger partial charge in [-0.05, 0) is 34.7 Å². The standard InChI is InChI=1S/C37H41O6PS/c1-28-26-44(38,27-28)43-36-35(41-24-31-18-10-4-11-19-31)34(40-23-30-16-8-3-9-17-30)33(25-39-22-29-14-6-2-7-15-29)42-37(36)45-32-20-12-5-13-21-32/h2-21,28,33-37H,22-27H2,1H3/t28?,33-,34-,35+,36-,37+,44?/m1/s1. The molecule has 2 saturated heterocycles. The molecular formula is C37H41O6PS. The van der Waals surface area contributed by atoms with Crippen LogP contribution in [0.1, 0.15) is 23.6 Å². The molecule has 0 aliphatic carbocycles. The second-order valence-corrected chi connectivity index (χ2v) is 15.6. The summed E-state index contributed by atoms with van der Waals surface area (Å²) in [5.41, 5.74) is 2.68. The van der Waals surface area contributed by atoms with E-state index < -0.39 is 37.2 Å². The van der Waals surface area contributed by atoms with Crippen LogP contribution in [0.2, 0.25) is 0 Å². The van der Waals surface area contributed by atoms with Crippen molar-refractivity contribution in [2.75, 3.05) is 18.9 Å². The third kappa shape index (κ3) is 8.96. The van der Waals surface area contributed by atoms with Gasteiger partial charge >= 0.3 is 0 Å². The molecule has 2 aliphatic heterocycles. The zero-order valence-corrected chi connectivity index (χ0v) is 27.3. The van der Waals surface area contributed by atoms with Gasteiger partial charge in [-0.1, -0.05) is 128 Å². The van der Waals surface area contributed by atoms with E-state index in [1.807, 2.05) is 109 Å². The summed E-state index contributed by atoms with van der Waals surface area (Å²) in [4.78, 5) is 1.03. The van der Waals surface area contributed by atoms with Gasteiger partial charge in [0.2, 0.25) is 7.37 Å². The Balaban J connectivity index is 1.32. The molecule has 4 aromatic rings. The second-order valence-electron chi connectivity index (χ2n) is 11.9. The largest absolute Gasteiger partial charge is 0.374 e. The van der Waals surface area contributed by atoms with E-state index in [0.29, 0.717) is 44.7 Å². The first-order valence-electron chi connectivity index (χ1n) is 15.6. The molecule has 0 unspecified atom stereocenters. The van der Waals surface area contributed by atoms with Crippen molar-refractivity contribution >= 4 is 19.1 Å². The number of rotatable bonds is 14. The van der Waals surface area contributed by atoms with Crippen LogP contribution in [0.3, 0.4) is 0 Å². The van der Waals surface area contributed by atoms with E-state index >= 15 is 0 Å². The molecule has 8 heteroatoms. The average molecular weight is 645 g/mol. The van der Waals surface area contributed by atoms with Crippen molar-refractivity contribution < 1.29 is 28.0 Å². The van der Waals surface area contributed by atoms with Crippen LogP contribution < -0.4 is 0 Å². The van der Waals surface area contributed by atoms with Crippen molar-refractivity contribution in [3.8, 4) is 0 Å². The molecule has 2 aliphatic rings. The summed E-state index contributed by atoms with van der Waals surface area (Å²) in [7, 11) is -2.84. The van der Waals surface area contributed by atoms with Crippen LogP contribution in [0.5, 0.6) is 0 Å². The first kappa shape index (κ1) is 32.2. The van der Waals surface area contributed by atoms with Crippen molar-refractivity contribution in [1.82, 2.24) is 0 Å². The van der Waals surface area contributed by atoms with Crippen molar-refractivity contribution in [1.29, 1.82) is 0 Å². The summed E-state index contributed by atoms with van der Waals surface area (Å²) in [6.07, 6.45) is -1.04. The van der Waals surface area contributed by atoms with Gasteiger partial charge in [-0.2, -0.15) is 0 Å². The second kappa shape index (κ2) is 15.7. The fraction of sp³-hybridized carbons (Fsp3) is 0.351. The molecule has 0 aromatic heterocycles. The molecule has 6 nitrogen and oxygen atoms in total. The quantitative estimate of drug-likeness (QED) is 0.128. The number of ether oxygens (including phenoxy) is 4. The Bertz CT molecular complexity index is 1480. The van der Waals surface area contributed by atoms with E-state index in [2.05, 4.69) is 19.1 Å². The van der Waals surface area contributed by atoms with Crippen LogP contribution in [0.15, 0.2) is 126 Å². The molecule has 0 amide bonds. The third-order valence-electron chi connectivity index (χ3n) is 8.04. The van der Waals surface area contributed by atoms with Crippen LogP contribution >= 0.6 is 19.1 Å². The lowest BCUT2D eigenvalue weighted by molar-refractivity contribution is -0.238. The van der Waals surface area contributed by atoms with E-state index in [-0.39, 0.29) is 0 Å². The summed E-state index contributed by atoms with van der Waals surface area (Å²) in [6, 6.07) is 40.4. The Labute approximate surface area is 270 Å². The minimum atomic E-state index is -2.84. The zero-order chi connectivity index (χ0) is 30.9. The Hall–Kier alpha value is -2.74. The van der Waals surface area contributed by atoms with Gasteiger partial charge in [-0.15, -0.1) is 0 Å². The highest BCUT2D eigenvalue weighted by Crippen LogP contribution is 2.61. The zero-order valence-electron chi connectivity index (χ0n) is 25.6. The maximum Gasteiger partial charge on any atom is 0.204 e. The van der Waals surface area contributed by atoms with E-state index in [9.17, 15) is 4.57 Å². The predicted molar refractivity (Wildman–Crippen MR) is 178 cm³/mol. The molecule has 0 spiro atoms. The van der Waals surface area contributed by atoms with Crippen molar-refractivity contribution in [2.24, 2.45) is 5.92 Å². The normalized spacial score (nSPS) is 27.9. The first-order chi connectivity index (χ1) is 22.0. The van der Waals surface area contributed by atoms with Crippen LogP contribution in [0.4, 0.5) is 0 Å². The summed E-state index contributed by atoms with van der Waals surface area (Å²) >= 11 is 1.56. The third-order valence-corrected chi connectivity index (χ3v) is 12.2. The Morgan fingerprint density at radius 1 is 0.667 bits per heavy atom. The summed E-state index contributed by atoms with van der Waals surface area (Å²) in [5, 5.41) is 0. The SMILES string of the molecule is CC1CP(=O)(O[C@@H]2[C@@H](OCc3ccccc3)[C@H](OCc3ccccc3)[C@@H](COCc3ccccc3)O[C@H]2Sc2ccccc2)C1. The van der Waals surface area contributed by atoms with Crippen molar-refractivity contribution in [2.45, 2.75) is 61.5 Å². The average Bonchev–Trinajstić information content (AvgIpc) is 3.06. The molecular weight excluding hydrogens is 603 g/mol. The minimum absolute atomic E-state index is 0.298. The highest BCUT2D eigenvalue weighted by molar-refractivity contribution is 7.99. The highest BCUT2D eigenvalue weighted by atomic mass is 32.2. The molecule has 236 valence electrons. The number of benzene rings is 4. The topological polar surface area (TPSA) is 63.2 Å². The Morgan fingerprint density at radius 2 is 1.16 bits per heavy atom. The Morgan fingerprint density at radius 3 is 1.69 bits per heavy atom. The van der Waals surface area contributed by atoms with Crippen LogP contribution in [-0.2, 0) is 47.9 Å². The van der Waals surface area contributed by atoms with E-state index in [4.69, 9.17) is 23.5 Å². The fourth-order valence-electron chi connectivity index (χ4n) is 5.85. The number of hydrogen-bond acceptors (Lipinski definition) is 7. The molecule has 45 heavy (non-hydrogen) atoms. The van der Waals surface area contributed by atoms with Crippen LogP contribution in [-0.4, -0.2) is 48.8 Å². The fourth-order valence-corrected chi connectivity index (χ4v) is 9.70. The van der Waals surface area contributed by atoms with Crippen LogP contribution in [0.25, 0.3) is 0 Å². The molecule has 0 N–H and O–H groups in total. The molecule has 0 radical (unpaired) electrons. The monoisotopic (exact) mass is 644 g/mol. The van der Waals surface area contributed by atoms with Gasteiger partial charge in [0.1, 0.15) is 29.9 Å². The van der Waals surface area contributed by atoms with Crippen molar-refractivity contribution in [3.63, 3.8) is 0 Å². The summed E-state index contributed by atoms with van der Waals surface area (Å²) in [5.74, 6) is 0.369. The molecule has 0 saturated carbocycles. The van der Waals surface area contributed by atoms with E-state index in [1.54, 1.807) is 11.8 Å². The Kier molecular flexibility index (Phi) is 11.2. The van der Waals surface area contributed by atoms with Crippen LogP contribution in [0, 0.1) is 5.92 Å². The van der Waals surface area contributed by atoms with Gasteiger partial charge < -0.3 is 23.5 Å². The molecule has 2 fully saturated rings. The van der Waals surface area contributed by atoms with Crippen molar-refractivity contribution in [3.05, 3.63) is 138 Å². The van der Waals surface area contributed by atoms with E-state index in [0.717, 1.165) is 21.6 Å². The smallest absolute Gasteiger partial charge is 0.204 e. The molecule has 4 aromatic carbocycles. The van der Waals surface area contributed by atoms with Gasteiger partial charge in [0, 0.05) is 17.2 Å². The molecule has 6 rings (SSSR count). The minimum Gasteiger partial charge on any atom is -0.374 e. The summed E-state index contributed by atoms with van der Waals surface area (Å²) in [6.45, 7) is 3.59. The molecule has 0 bridgehead atoms. The van der Waals surface area contributed by atoms with Gasteiger partial charge in [0.15, 0.2) is 0 Å². The number of thioether (sulfide) groups is 1. The molecule has 5 atom stereocenters. The van der Waals surface area contributed by atoms with E-state index in [1.165, 1.54) is 0 Å². The lowest BCUT2D eigenvalue weighted by Crippen LogP contribution is -2.60. The molecule has 2 heterocycles. The maximum absolute atomic E-state index is 13.9. The number of hydrogen-bond donors (Lipinski definition) is 0.